The van der Waals surface area contributed by atoms with Crippen molar-refractivity contribution in [1.29, 1.82) is 0 Å². The summed E-state index contributed by atoms with van der Waals surface area (Å²) in [5, 5.41) is 17.2. The summed E-state index contributed by atoms with van der Waals surface area (Å²) < 4.78 is 5.86. The molecule has 2 aliphatic rings. The molecular weight excluding hydrogens is 288 g/mol. The van der Waals surface area contributed by atoms with Crippen LogP contribution in [0.15, 0.2) is 16.8 Å². The Hall–Kier alpha value is -1.11. The highest BCUT2D eigenvalue weighted by atomic mass is 32.1. The molecule has 2 amide bonds. The van der Waals surface area contributed by atoms with Gasteiger partial charge in [-0.1, -0.05) is 0 Å². The van der Waals surface area contributed by atoms with Crippen LogP contribution in [0.1, 0.15) is 31.2 Å². The normalized spacial score (nSPS) is 25.0. The number of urea groups is 1. The smallest absolute Gasteiger partial charge is 0.317 e. The highest BCUT2D eigenvalue weighted by molar-refractivity contribution is 7.07. The fourth-order valence-electron chi connectivity index (χ4n) is 3.16. The minimum absolute atomic E-state index is 0.0265. The van der Waals surface area contributed by atoms with E-state index in [4.69, 9.17) is 4.74 Å². The quantitative estimate of drug-likeness (QED) is 0.878. The largest absolute Gasteiger partial charge is 0.390 e. The van der Waals surface area contributed by atoms with Gasteiger partial charge in [0.25, 0.3) is 0 Å². The maximum atomic E-state index is 12.2. The van der Waals surface area contributed by atoms with Crippen LogP contribution in [0.25, 0.3) is 0 Å². The predicted molar refractivity (Wildman–Crippen MR) is 81.3 cm³/mol. The molecule has 0 saturated carbocycles. The molecule has 0 aromatic carbocycles. The van der Waals surface area contributed by atoms with E-state index < -0.39 is 5.60 Å². The number of carbonyl (C=O) groups is 1. The van der Waals surface area contributed by atoms with E-state index in [2.05, 4.69) is 5.32 Å². The van der Waals surface area contributed by atoms with Crippen molar-refractivity contribution >= 4 is 17.4 Å². The summed E-state index contributed by atoms with van der Waals surface area (Å²) in [4.78, 5) is 14.0. The molecule has 0 unspecified atom stereocenters. The molecule has 6 heteroatoms. The maximum absolute atomic E-state index is 12.2. The van der Waals surface area contributed by atoms with E-state index in [1.807, 2.05) is 21.7 Å². The standard InChI is InChI=1S/C15H22N2O3S/c18-13-2-1-8-20-15(13)4-6-17(7-5-15)14(19)16-10-12-3-9-21-11-12/h3,9,11,13,18H,1-2,4-8,10H2,(H,16,19)/t13-/m0/s1. The third kappa shape index (κ3) is 3.22. The molecule has 0 bridgehead atoms. The van der Waals surface area contributed by atoms with Crippen LogP contribution in [-0.4, -0.2) is 47.4 Å². The average molecular weight is 310 g/mol. The zero-order valence-corrected chi connectivity index (χ0v) is 12.9. The summed E-state index contributed by atoms with van der Waals surface area (Å²) in [6.07, 6.45) is 2.79. The number of rotatable bonds is 2. The number of piperidine rings is 1. The van der Waals surface area contributed by atoms with Gasteiger partial charge in [0, 0.05) is 26.2 Å². The van der Waals surface area contributed by atoms with Crippen LogP contribution in [0.5, 0.6) is 0 Å². The van der Waals surface area contributed by atoms with Crippen molar-refractivity contribution in [3.63, 3.8) is 0 Å². The fourth-order valence-corrected chi connectivity index (χ4v) is 3.83. The molecule has 5 nitrogen and oxygen atoms in total. The molecule has 21 heavy (non-hydrogen) atoms. The van der Waals surface area contributed by atoms with Crippen LogP contribution in [0.2, 0.25) is 0 Å². The zero-order valence-electron chi connectivity index (χ0n) is 12.1. The first-order chi connectivity index (χ1) is 10.2. The van der Waals surface area contributed by atoms with Crippen LogP contribution in [0, 0.1) is 0 Å². The number of carbonyl (C=O) groups excluding carboxylic acids is 1. The van der Waals surface area contributed by atoms with Gasteiger partial charge in [0.2, 0.25) is 0 Å². The van der Waals surface area contributed by atoms with Crippen molar-refractivity contribution in [3.05, 3.63) is 22.4 Å². The number of hydrogen-bond acceptors (Lipinski definition) is 4. The van der Waals surface area contributed by atoms with E-state index >= 15 is 0 Å². The van der Waals surface area contributed by atoms with Crippen LogP contribution in [0.4, 0.5) is 4.79 Å². The first-order valence-corrected chi connectivity index (χ1v) is 8.50. The third-order valence-corrected chi connectivity index (χ3v) is 5.27. The average Bonchev–Trinajstić information content (AvgIpc) is 3.02. The SMILES string of the molecule is O=C(NCc1ccsc1)N1CCC2(CC1)OCCC[C@@H]2O. The van der Waals surface area contributed by atoms with Gasteiger partial charge >= 0.3 is 6.03 Å². The van der Waals surface area contributed by atoms with E-state index in [0.717, 1.165) is 37.9 Å². The lowest BCUT2D eigenvalue weighted by molar-refractivity contribution is -0.173. The van der Waals surface area contributed by atoms with Gasteiger partial charge in [-0.25, -0.2) is 4.79 Å². The maximum Gasteiger partial charge on any atom is 0.317 e. The molecule has 1 aromatic heterocycles. The number of amides is 2. The summed E-state index contributed by atoms with van der Waals surface area (Å²) in [7, 11) is 0. The number of nitrogens with one attached hydrogen (secondary N) is 1. The number of hydrogen-bond donors (Lipinski definition) is 2. The summed E-state index contributed by atoms with van der Waals surface area (Å²) in [6.45, 7) is 2.59. The van der Waals surface area contributed by atoms with E-state index in [-0.39, 0.29) is 12.1 Å². The Balaban J connectivity index is 1.49. The Labute approximate surface area is 128 Å². The van der Waals surface area contributed by atoms with E-state index in [1.165, 1.54) is 0 Å². The second-order valence-electron chi connectivity index (χ2n) is 5.85. The molecular formula is C15H22N2O3S. The lowest BCUT2D eigenvalue weighted by Gasteiger charge is -2.46. The minimum Gasteiger partial charge on any atom is -0.390 e. The zero-order chi connectivity index (χ0) is 14.7. The van der Waals surface area contributed by atoms with Crippen molar-refractivity contribution in [2.75, 3.05) is 19.7 Å². The lowest BCUT2D eigenvalue weighted by Crippen LogP contribution is -2.57. The van der Waals surface area contributed by atoms with Gasteiger partial charge in [-0.3, -0.25) is 0 Å². The minimum atomic E-state index is -0.414. The third-order valence-electron chi connectivity index (χ3n) is 4.54. The molecule has 2 fully saturated rings. The number of nitrogens with zero attached hydrogens (tertiary/aromatic N) is 1. The Kier molecular flexibility index (Phi) is 4.47. The van der Waals surface area contributed by atoms with Crippen LogP contribution in [-0.2, 0) is 11.3 Å². The fraction of sp³-hybridized carbons (Fsp3) is 0.667. The number of aliphatic hydroxyl groups excluding tert-OH is 1. The van der Waals surface area contributed by atoms with Crippen LogP contribution >= 0.6 is 11.3 Å². The van der Waals surface area contributed by atoms with Gasteiger partial charge in [-0.2, -0.15) is 11.3 Å². The second-order valence-corrected chi connectivity index (χ2v) is 6.63. The highest BCUT2D eigenvalue weighted by Crippen LogP contribution is 2.35. The Morgan fingerprint density at radius 2 is 2.33 bits per heavy atom. The van der Waals surface area contributed by atoms with E-state index in [9.17, 15) is 9.90 Å². The van der Waals surface area contributed by atoms with Gasteiger partial charge in [0.1, 0.15) is 0 Å². The first kappa shape index (κ1) is 14.8. The van der Waals surface area contributed by atoms with Crippen molar-refractivity contribution in [1.82, 2.24) is 10.2 Å². The molecule has 3 heterocycles. The molecule has 3 rings (SSSR count). The second kappa shape index (κ2) is 6.34. The Bertz CT molecular complexity index is 469. The van der Waals surface area contributed by atoms with Crippen molar-refractivity contribution in [2.45, 2.75) is 43.9 Å². The number of ether oxygens (including phenoxy) is 1. The Morgan fingerprint density at radius 3 is 3.00 bits per heavy atom. The van der Waals surface area contributed by atoms with Gasteiger partial charge < -0.3 is 20.1 Å². The van der Waals surface area contributed by atoms with E-state index in [1.54, 1.807) is 11.3 Å². The summed E-state index contributed by atoms with van der Waals surface area (Å²) >= 11 is 1.63. The van der Waals surface area contributed by atoms with Crippen molar-refractivity contribution in [3.8, 4) is 0 Å². The highest BCUT2D eigenvalue weighted by Gasteiger charge is 2.44. The van der Waals surface area contributed by atoms with Crippen LogP contribution < -0.4 is 5.32 Å². The molecule has 2 saturated heterocycles. The van der Waals surface area contributed by atoms with Gasteiger partial charge in [0.15, 0.2) is 0 Å². The first-order valence-electron chi connectivity index (χ1n) is 7.55. The van der Waals surface area contributed by atoms with Crippen LogP contribution in [0.3, 0.4) is 0 Å². The molecule has 1 spiro atoms. The topological polar surface area (TPSA) is 61.8 Å². The molecule has 2 aliphatic heterocycles. The van der Waals surface area contributed by atoms with Gasteiger partial charge in [-0.05, 0) is 48.1 Å². The number of aliphatic hydroxyl groups is 1. The van der Waals surface area contributed by atoms with Gasteiger partial charge in [0.05, 0.1) is 11.7 Å². The Morgan fingerprint density at radius 1 is 1.52 bits per heavy atom. The molecule has 0 radical (unpaired) electrons. The predicted octanol–water partition coefficient (Wildman–Crippen LogP) is 1.96. The van der Waals surface area contributed by atoms with Crippen molar-refractivity contribution in [2.24, 2.45) is 0 Å². The lowest BCUT2D eigenvalue weighted by atomic mass is 9.82. The summed E-state index contributed by atoms with van der Waals surface area (Å²) in [5.74, 6) is 0. The monoisotopic (exact) mass is 310 g/mol. The molecule has 116 valence electrons. The number of thiophene rings is 1. The molecule has 0 aliphatic carbocycles. The molecule has 1 aromatic rings. The molecule has 2 N–H and O–H groups in total. The molecule has 1 atom stereocenters. The van der Waals surface area contributed by atoms with Crippen molar-refractivity contribution < 1.29 is 14.6 Å². The van der Waals surface area contributed by atoms with Gasteiger partial charge in [-0.15, -0.1) is 0 Å². The summed E-state index contributed by atoms with van der Waals surface area (Å²) in [5.41, 5.74) is 0.718. The number of likely N-dealkylation sites (tertiary alicyclic amines) is 1. The summed E-state index contributed by atoms with van der Waals surface area (Å²) in [6, 6.07) is 1.99. The van der Waals surface area contributed by atoms with E-state index in [0.29, 0.717) is 19.6 Å².